The van der Waals surface area contributed by atoms with E-state index in [1.807, 2.05) is 11.8 Å². The van der Waals surface area contributed by atoms with Crippen LogP contribution < -0.4 is 5.32 Å². The Morgan fingerprint density at radius 3 is 2.52 bits per heavy atom. The van der Waals surface area contributed by atoms with Gasteiger partial charge in [-0.05, 0) is 42.0 Å². The summed E-state index contributed by atoms with van der Waals surface area (Å²) in [6.07, 6.45) is 0.944. The second-order valence-corrected chi connectivity index (χ2v) is 7.29. The first-order valence-electron chi connectivity index (χ1n) is 7.52. The van der Waals surface area contributed by atoms with Crippen molar-refractivity contribution in [3.05, 3.63) is 42.5 Å². The fourth-order valence-electron chi connectivity index (χ4n) is 2.55. The van der Waals surface area contributed by atoms with E-state index in [0.29, 0.717) is 6.04 Å². The van der Waals surface area contributed by atoms with Crippen molar-refractivity contribution in [1.82, 2.24) is 5.32 Å². The van der Waals surface area contributed by atoms with Gasteiger partial charge >= 0.3 is 0 Å². The predicted molar refractivity (Wildman–Crippen MR) is 93.1 cm³/mol. The van der Waals surface area contributed by atoms with Crippen LogP contribution in [0.5, 0.6) is 0 Å². The lowest BCUT2D eigenvalue weighted by atomic mass is 9.99. The summed E-state index contributed by atoms with van der Waals surface area (Å²) in [5.74, 6) is 0.995. The maximum absolute atomic E-state index is 9.60. The Labute approximate surface area is 131 Å². The molecule has 0 saturated heterocycles. The molecule has 1 unspecified atom stereocenters. The third-order valence-electron chi connectivity index (χ3n) is 3.63. The lowest BCUT2D eigenvalue weighted by Crippen LogP contribution is -2.49. The highest BCUT2D eigenvalue weighted by atomic mass is 32.2. The summed E-state index contributed by atoms with van der Waals surface area (Å²) in [4.78, 5) is 1.29. The largest absolute Gasteiger partial charge is 0.394 e. The van der Waals surface area contributed by atoms with Gasteiger partial charge in [0.15, 0.2) is 0 Å². The van der Waals surface area contributed by atoms with E-state index in [2.05, 4.69) is 68.6 Å². The fraction of sp³-hybridized carbons (Fsp3) is 0.444. The number of hydrogen-bond acceptors (Lipinski definition) is 3. The number of aliphatic hydroxyl groups excluding tert-OH is 1. The molecule has 114 valence electrons. The van der Waals surface area contributed by atoms with Crippen molar-refractivity contribution < 1.29 is 5.11 Å². The van der Waals surface area contributed by atoms with Gasteiger partial charge in [-0.15, -0.1) is 11.8 Å². The molecule has 21 heavy (non-hydrogen) atoms. The second-order valence-electron chi connectivity index (χ2n) is 6.13. The third-order valence-corrected chi connectivity index (χ3v) is 4.63. The normalized spacial score (nSPS) is 14.5. The van der Waals surface area contributed by atoms with Gasteiger partial charge in [0.1, 0.15) is 0 Å². The highest BCUT2D eigenvalue weighted by Gasteiger charge is 2.23. The minimum Gasteiger partial charge on any atom is -0.394 e. The van der Waals surface area contributed by atoms with Crippen LogP contribution in [-0.4, -0.2) is 29.0 Å². The van der Waals surface area contributed by atoms with Crippen molar-refractivity contribution >= 4 is 22.5 Å². The van der Waals surface area contributed by atoms with Crippen molar-refractivity contribution in [3.8, 4) is 0 Å². The Kier molecular flexibility index (Phi) is 5.68. The Morgan fingerprint density at radius 1 is 1.14 bits per heavy atom. The Hall–Kier alpha value is -1.03. The summed E-state index contributed by atoms with van der Waals surface area (Å²) in [6.45, 7) is 6.49. The number of nitrogens with one attached hydrogen (secondary N) is 1. The topological polar surface area (TPSA) is 32.3 Å². The average Bonchev–Trinajstić information content (AvgIpc) is 2.46. The molecule has 2 rings (SSSR count). The van der Waals surface area contributed by atoms with Gasteiger partial charge in [-0.3, -0.25) is 0 Å². The molecule has 0 spiro atoms. The van der Waals surface area contributed by atoms with Gasteiger partial charge in [-0.25, -0.2) is 0 Å². The van der Waals surface area contributed by atoms with Crippen LogP contribution >= 0.6 is 11.8 Å². The number of rotatable bonds is 7. The van der Waals surface area contributed by atoms with Gasteiger partial charge in [0.2, 0.25) is 0 Å². The molecular formula is C18H25NOS. The highest BCUT2D eigenvalue weighted by Crippen LogP contribution is 2.25. The first kappa shape index (κ1) is 16.3. The lowest BCUT2D eigenvalue weighted by molar-refractivity contribution is 0.162. The van der Waals surface area contributed by atoms with Gasteiger partial charge in [-0.2, -0.15) is 0 Å². The van der Waals surface area contributed by atoms with E-state index in [1.165, 1.54) is 15.7 Å². The summed E-state index contributed by atoms with van der Waals surface area (Å²) in [5, 5.41) is 15.6. The van der Waals surface area contributed by atoms with Crippen molar-refractivity contribution in [2.75, 3.05) is 12.4 Å². The molecule has 2 N–H and O–H groups in total. The predicted octanol–water partition coefficient (Wildman–Crippen LogP) is 4.07. The summed E-state index contributed by atoms with van der Waals surface area (Å²) in [6, 6.07) is 15.4. The van der Waals surface area contributed by atoms with Crippen molar-refractivity contribution in [3.63, 3.8) is 0 Å². The van der Waals surface area contributed by atoms with Crippen LogP contribution in [0.3, 0.4) is 0 Å². The van der Waals surface area contributed by atoms with Gasteiger partial charge in [0.05, 0.1) is 6.61 Å². The molecule has 0 aliphatic rings. The summed E-state index contributed by atoms with van der Waals surface area (Å²) in [7, 11) is 0. The molecule has 2 nitrogen and oxygen atoms in total. The van der Waals surface area contributed by atoms with E-state index in [1.54, 1.807) is 0 Å². The fourth-order valence-corrected chi connectivity index (χ4v) is 3.71. The molecule has 1 atom stereocenters. The molecule has 2 aromatic carbocycles. The van der Waals surface area contributed by atoms with Crippen molar-refractivity contribution in [2.24, 2.45) is 0 Å². The molecule has 0 fully saturated rings. The van der Waals surface area contributed by atoms with E-state index in [9.17, 15) is 5.11 Å². The zero-order valence-corrected chi connectivity index (χ0v) is 13.9. The van der Waals surface area contributed by atoms with Gasteiger partial charge in [-0.1, -0.05) is 44.2 Å². The highest BCUT2D eigenvalue weighted by molar-refractivity contribution is 7.99. The van der Waals surface area contributed by atoms with Crippen molar-refractivity contribution in [1.29, 1.82) is 0 Å². The molecule has 2 aromatic rings. The van der Waals surface area contributed by atoms with Crippen LogP contribution in [0.4, 0.5) is 0 Å². The number of aliphatic hydroxyl groups is 1. The Balaban J connectivity index is 1.95. The molecule has 0 amide bonds. The lowest BCUT2D eigenvalue weighted by Gasteiger charge is -2.31. The summed E-state index contributed by atoms with van der Waals surface area (Å²) < 4.78 is 0. The summed E-state index contributed by atoms with van der Waals surface area (Å²) >= 11 is 1.85. The maximum atomic E-state index is 9.60. The minimum atomic E-state index is -0.196. The van der Waals surface area contributed by atoms with Crippen LogP contribution in [0, 0.1) is 0 Å². The Morgan fingerprint density at radius 2 is 1.86 bits per heavy atom. The van der Waals surface area contributed by atoms with Crippen LogP contribution in [0.25, 0.3) is 10.8 Å². The van der Waals surface area contributed by atoms with E-state index in [0.717, 1.165) is 12.2 Å². The third kappa shape index (κ3) is 4.73. The molecule has 0 aliphatic heterocycles. The SMILES string of the molecule is CC(C)NC(C)(CO)CCSc1ccc2ccccc2c1. The molecule has 0 saturated carbocycles. The Bertz CT molecular complexity index is 584. The van der Waals surface area contributed by atoms with Crippen LogP contribution in [0.1, 0.15) is 27.2 Å². The standard InChI is InChI=1S/C18H25NOS/c1-14(2)19-18(3,13-20)10-11-21-17-9-8-15-6-4-5-7-16(15)12-17/h4-9,12,14,19-20H,10-11,13H2,1-3H3. The van der Waals surface area contributed by atoms with Crippen LogP contribution in [0.15, 0.2) is 47.4 Å². The zero-order chi connectivity index (χ0) is 15.3. The quantitative estimate of drug-likeness (QED) is 0.756. The summed E-state index contributed by atoms with van der Waals surface area (Å²) in [5.41, 5.74) is -0.196. The average molecular weight is 303 g/mol. The van der Waals surface area contributed by atoms with E-state index >= 15 is 0 Å². The zero-order valence-electron chi connectivity index (χ0n) is 13.1. The molecule has 3 heteroatoms. The molecule has 0 aromatic heterocycles. The van der Waals surface area contributed by atoms with E-state index in [4.69, 9.17) is 0 Å². The first-order chi connectivity index (χ1) is 10.0. The molecular weight excluding hydrogens is 278 g/mol. The van der Waals surface area contributed by atoms with Gasteiger partial charge in [0.25, 0.3) is 0 Å². The van der Waals surface area contributed by atoms with Crippen molar-refractivity contribution in [2.45, 2.75) is 43.7 Å². The number of benzene rings is 2. The molecule has 0 bridgehead atoms. The van der Waals surface area contributed by atoms with Gasteiger partial charge < -0.3 is 10.4 Å². The monoisotopic (exact) mass is 303 g/mol. The number of fused-ring (bicyclic) bond motifs is 1. The van der Waals surface area contributed by atoms with Crippen LogP contribution in [0.2, 0.25) is 0 Å². The number of thioether (sulfide) groups is 1. The first-order valence-corrected chi connectivity index (χ1v) is 8.51. The molecule has 0 heterocycles. The maximum Gasteiger partial charge on any atom is 0.0610 e. The molecule has 0 aliphatic carbocycles. The minimum absolute atomic E-state index is 0.170. The van der Waals surface area contributed by atoms with E-state index in [-0.39, 0.29) is 12.1 Å². The second kappa shape index (κ2) is 7.30. The van der Waals surface area contributed by atoms with Gasteiger partial charge in [0, 0.05) is 16.5 Å². The molecule has 0 radical (unpaired) electrons. The van der Waals surface area contributed by atoms with Crippen LogP contribution in [-0.2, 0) is 0 Å². The number of hydrogen-bond donors (Lipinski definition) is 2. The smallest absolute Gasteiger partial charge is 0.0610 e. The van der Waals surface area contributed by atoms with E-state index < -0.39 is 0 Å².